The van der Waals surface area contributed by atoms with Crippen LogP contribution in [-0.2, 0) is 11.2 Å². The van der Waals surface area contributed by atoms with E-state index in [1.54, 1.807) is 0 Å². The van der Waals surface area contributed by atoms with Gasteiger partial charge in [-0.1, -0.05) is 24.6 Å². The first-order valence-corrected chi connectivity index (χ1v) is 7.92. The molecule has 1 aliphatic rings. The summed E-state index contributed by atoms with van der Waals surface area (Å²) in [6.45, 7) is 3.79. The van der Waals surface area contributed by atoms with Crippen molar-refractivity contribution in [2.24, 2.45) is 5.73 Å². The molecule has 1 unspecified atom stereocenters. The van der Waals surface area contributed by atoms with Gasteiger partial charge in [-0.15, -0.1) is 0 Å². The van der Waals surface area contributed by atoms with Crippen molar-refractivity contribution in [1.82, 2.24) is 4.90 Å². The molecule has 0 aromatic heterocycles. The molecular weight excluding hydrogens is 288 g/mol. The maximum Gasteiger partial charge on any atom is 0.260 e. The third kappa shape index (κ3) is 4.61. The van der Waals surface area contributed by atoms with Crippen molar-refractivity contribution >= 4 is 17.5 Å². The SMILES string of the molecule is CCC(N)Cc1ccc(OCC(=O)N2CCCC2)c(Cl)c1. The van der Waals surface area contributed by atoms with Gasteiger partial charge in [0, 0.05) is 19.1 Å². The molecule has 116 valence electrons. The van der Waals surface area contributed by atoms with Gasteiger partial charge < -0.3 is 15.4 Å². The lowest BCUT2D eigenvalue weighted by molar-refractivity contribution is -0.132. The molecule has 0 aliphatic carbocycles. The van der Waals surface area contributed by atoms with E-state index in [9.17, 15) is 4.79 Å². The van der Waals surface area contributed by atoms with E-state index in [-0.39, 0.29) is 18.6 Å². The van der Waals surface area contributed by atoms with E-state index in [2.05, 4.69) is 6.92 Å². The van der Waals surface area contributed by atoms with Gasteiger partial charge in [0.2, 0.25) is 0 Å². The van der Waals surface area contributed by atoms with Crippen LogP contribution in [0, 0.1) is 0 Å². The Morgan fingerprint density at radius 3 is 2.76 bits per heavy atom. The molecule has 1 saturated heterocycles. The highest BCUT2D eigenvalue weighted by Gasteiger charge is 2.18. The molecule has 4 nitrogen and oxygen atoms in total. The van der Waals surface area contributed by atoms with Crippen molar-refractivity contribution in [3.05, 3.63) is 28.8 Å². The number of hydrogen-bond donors (Lipinski definition) is 1. The summed E-state index contributed by atoms with van der Waals surface area (Å²) in [4.78, 5) is 13.8. The fraction of sp³-hybridized carbons (Fsp3) is 0.562. The van der Waals surface area contributed by atoms with Crippen LogP contribution in [0.1, 0.15) is 31.7 Å². The molecule has 1 fully saturated rings. The average Bonchev–Trinajstić information content (AvgIpc) is 3.00. The van der Waals surface area contributed by atoms with Crippen LogP contribution in [0.2, 0.25) is 5.02 Å². The van der Waals surface area contributed by atoms with Crippen LogP contribution in [-0.4, -0.2) is 36.5 Å². The predicted molar refractivity (Wildman–Crippen MR) is 84.7 cm³/mol. The Hall–Kier alpha value is -1.26. The van der Waals surface area contributed by atoms with Crippen molar-refractivity contribution < 1.29 is 9.53 Å². The van der Waals surface area contributed by atoms with E-state index in [1.807, 2.05) is 23.1 Å². The molecule has 0 bridgehead atoms. The first kappa shape index (κ1) is 16.1. The molecule has 1 heterocycles. The second-order valence-corrected chi connectivity index (χ2v) is 5.92. The molecule has 0 saturated carbocycles. The highest BCUT2D eigenvalue weighted by atomic mass is 35.5. The van der Waals surface area contributed by atoms with Gasteiger partial charge in [0.1, 0.15) is 5.75 Å². The topological polar surface area (TPSA) is 55.6 Å². The number of carbonyl (C=O) groups excluding carboxylic acids is 1. The number of nitrogens with two attached hydrogens (primary N) is 1. The summed E-state index contributed by atoms with van der Waals surface area (Å²) in [6, 6.07) is 5.78. The van der Waals surface area contributed by atoms with Crippen LogP contribution in [0.3, 0.4) is 0 Å². The summed E-state index contributed by atoms with van der Waals surface area (Å²) in [5.74, 6) is 0.582. The highest BCUT2D eigenvalue weighted by molar-refractivity contribution is 6.32. The summed E-state index contributed by atoms with van der Waals surface area (Å²) < 4.78 is 5.54. The van der Waals surface area contributed by atoms with Crippen molar-refractivity contribution in [3.63, 3.8) is 0 Å². The Balaban J connectivity index is 1.89. The van der Waals surface area contributed by atoms with Crippen molar-refractivity contribution in [3.8, 4) is 5.75 Å². The van der Waals surface area contributed by atoms with Gasteiger partial charge in [-0.2, -0.15) is 0 Å². The van der Waals surface area contributed by atoms with Crippen molar-refractivity contribution in [2.75, 3.05) is 19.7 Å². The van der Waals surface area contributed by atoms with Crippen LogP contribution in [0.4, 0.5) is 0 Å². The second kappa shape index (κ2) is 7.66. The zero-order valence-electron chi connectivity index (χ0n) is 12.5. The third-order valence-corrected chi connectivity index (χ3v) is 4.12. The molecule has 2 rings (SSSR count). The molecule has 1 aromatic carbocycles. The van der Waals surface area contributed by atoms with Crippen molar-refractivity contribution in [1.29, 1.82) is 0 Å². The van der Waals surface area contributed by atoms with Gasteiger partial charge in [0.05, 0.1) is 5.02 Å². The quantitative estimate of drug-likeness (QED) is 0.878. The van der Waals surface area contributed by atoms with Crippen LogP contribution >= 0.6 is 11.6 Å². The standard InChI is InChI=1S/C16H23ClN2O2/c1-2-13(18)9-12-5-6-15(14(17)10-12)21-11-16(20)19-7-3-4-8-19/h5-6,10,13H,2-4,7-9,11,18H2,1H3. The summed E-state index contributed by atoms with van der Waals surface area (Å²) in [5.41, 5.74) is 7.03. The third-order valence-electron chi connectivity index (χ3n) is 3.83. The van der Waals surface area contributed by atoms with Gasteiger partial charge in [-0.05, 0) is 43.4 Å². The summed E-state index contributed by atoms with van der Waals surface area (Å²) in [5, 5.41) is 0.532. The molecule has 5 heteroatoms. The number of ether oxygens (including phenoxy) is 1. The zero-order valence-corrected chi connectivity index (χ0v) is 13.2. The first-order chi connectivity index (χ1) is 10.1. The monoisotopic (exact) mass is 310 g/mol. The summed E-state index contributed by atoms with van der Waals surface area (Å²) in [7, 11) is 0. The molecule has 0 radical (unpaired) electrons. The van der Waals surface area contributed by atoms with E-state index in [0.717, 1.165) is 44.3 Å². The number of halogens is 1. The molecule has 21 heavy (non-hydrogen) atoms. The van der Waals surface area contributed by atoms with Gasteiger partial charge in [0.15, 0.2) is 6.61 Å². The fourth-order valence-electron chi connectivity index (χ4n) is 2.43. The van der Waals surface area contributed by atoms with Crippen LogP contribution in [0.15, 0.2) is 18.2 Å². The molecule has 1 aliphatic heterocycles. The van der Waals surface area contributed by atoms with Crippen LogP contribution in [0.5, 0.6) is 5.75 Å². The van der Waals surface area contributed by atoms with E-state index in [1.165, 1.54) is 0 Å². The Morgan fingerprint density at radius 2 is 2.14 bits per heavy atom. The Bertz CT molecular complexity index is 487. The van der Waals surface area contributed by atoms with Gasteiger partial charge >= 0.3 is 0 Å². The molecule has 0 spiro atoms. The van der Waals surface area contributed by atoms with E-state index in [0.29, 0.717) is 10.8 Å². The first-order valence-electron chi connectivity index (χ1n) is 7.54. The Morgan fingerprint density at radius 1 is 1.43 bits per heavy atom. The van der Waals surface area contributed by atoms with Crippen LogP contribution in [0.25, 0.3) is 0 Å². The maximum absolute atomic E-state index is 11.9. The molecule has 1 amide bonds. The van der Waals surface area contributed by atoms with Gasteiger partial charge in [0.25, 0.3) is 5.91 Å². The Kier molecular flexibility index (Phi) is 5.88. The number of benzene rings is 1. The second-order valence-electron chi connectivity index (χ2n) is 5.51. The molecule has 1 atom stereocenters. The lowest BCUT2D eigenvalue weighted by atomic mass is 10.0. The summed E-state index contributed by atoms with van der Waals surface area (Å²) in [6.07, 6.45) is 3.89. The van der Waals surface area contributed by atoms with Crippen LogP contribution < -0.4 is 10.5 Å². The van der Waals surface area contributed by atoms with Gasteiger partial charge in [-0.3, -0.25) is 4.79 Å². The number of likely N-dealkylation sites (tertiary alicyclic amines) is 1. The molecule has 1 aromatic rings. The maximum atomic E-state index is 11.9. The predicted octanol–water partition coefficient (Wildman–Crippen LogP) is 2.62. The lowest BCUT2D eigenvalue weighted by Gasteiger charge is -2.16. The van der Waals surface area contributed by atoms with Crippen molar-refractivity contribution in [2.45, 2.75) is 38.6 Å². The normalized spacial score (nSPS) is 16.0. The number of nitrogens with zero attached hydrogens (tertiary/aromatic N) is 1. The smallest absolute Gasteiger partial charge is 0.260 e. The minimum absolute atomic E-state index is 0.0284. The minimum atomic E-state index is 0.0284. The zero-order chi connectivity index (χ0) is 15.2. The van der Waals surface area contributed by atoms with E-state index >= 15 is 0 Å². The number of hydrogen-bond acceptors (Lipinski definition) is 3. The highest BCUT2D eigenvalue weighted by Crippen LogP contribution is 2.26. The average molecular weight is 311 g/mol. The largest absolute Gasteiger partial charge is 0.482 e. The van der Waals surface area contributed by atoms with E-state index in [4.69, 9.17) is 22.1 Å². The number of carbonyl (C=O) groups is 1. The number of rotatable bonds is 6. The summed E-state index contributed by atoms with van der Waals surface area (Å²) >= 11 is 6.21. The van der Waals surface area contributed by atoms with Gasteiger partial charge in [-0.25, -0.2) is 0 Å². The molecular formula is C16H23ClN2O2. The Labute approximate surface area is 131 Å². The number of amides is 1. The van der Waals surface area contributed by atoms with E-state index < -0.39 is 0 Å². The lowest BCUT2D eigenvalue weighted by Crippen LogP contribution is -2.32. The minimum Gasteiger partial charge on any atom is -0.482 e. The fourth-order valence-corrected chi connectivity index (χ4v) is 2.69. The molecule has 2 N–H and O–H groups in total.